The lowest BCUT2D eigenvalue weighted by molar-refractivity contribution is 0.591. The molecule has 1 unspecified atom stereocenters. The molecule has 0 aromatic heterocycles. The summed E-state index contributed by atoms with van der Waals surface area (Å²) >= 11 is 0. The van der Waals surface area contributed by atoms with Gasteiger partial charge in [-0.3, -0.25) is 0 Å². The van der Waals surface area contributed by atoms with Crippen LogP contribution in [0.3, 0.4) is 0 Å². The summed E-state index contributed by atoms with van der Waals surface area (Å²) in [6.45, 7) is 4.05. The molecule has 3 nitrogen and oxygen atoms in total. The predicted octanol–water partition coefficient (Wildman–Crippen LogP) is 1.22. The zero-order valence-electron chi connectivity index (χ0n) is 10.0. The molecule has 0 aliphatic carbocycles. The summed E-state index contributed by atoms with van der Waals surface area (Å²) in [5.41, 5.74) is 9.36. The Balaban J connectivity index is 2.81. The summed E-state index contributed by atoms with van der Waals surface area (Å²) in [6.07, 6.45) is 1.84. The minimum absolute atomic E-state index is 0.0424. The third-order valence-electron chi connectivity index (χ3n) is 2.63. The molecule has 1 atom stereocenters. The molecule has 0 saturated carbocycles. The topological polar surface area (TPSA) is 60.2 Å². The fraction of sp³-hybridized carbons (Fsp3) is 0.500. The summed E-state index contributed by atoms with van der Waals surface area (Å²) < 4.78 is 22.2. The number of aryl methyl sites for hydroxylation is 2. The molecule has 0 aliphatic heterocycles. The number of sulfone groups is 1. The van der Waals surface area contributed by atoms with Crippen LogP contribution in [0.4, 0.5) is 0 Å². The van der Waals surface area contributed by atoms with E-state index in [0.29, 0.717) is 6.42 Å². The van der Waals surface area contributed by atoms with Crippen LogP contribution < -0.4 is 5.73 Å². The van der Waals surface area contributed by atoms with Crippen LogP contribution in [0, 0.1) is 13.8 Å². The van der Waals surface area contributed by atoms with Gasteiger partial charge in [0.05, 0.1) is 5.75 Å². The van der Waals surface area contributed by atoms with Crippen molar-refractivity contribution in [3.8, 4) is 0 Å². The molecule has 0 radical (unpaired) electrons. The van der Waals surface area contributed by atoms with E-state index in [9.17, 15) is 8.42 Å². The van der Waals surface area contributed by atoms with Gasteiger partial charge in [-0.2, -0.15) is 0 Å². The lowest BCUT2D eigenvalue weighted by Crippen LogP contribution is -2.31. The fourth-order valence-corrected chi connectivity index (χ4v) is 2.78. The van der Waals surface area contributed by atoms with Crippen LogP contribution in [-0.4, -0.2) is 26.5 Å². The van der Waals surface area contributed by atoms with Gasteiger partial charge in [0.25, 0.3) is 0 Å². The summed E-state index contributed by atoms with van der Waals surface area (Å²) in [5, 5.41) is 0. The Kier molecular flexibility index (Phi) is 4.10. The molecule has 0 aliphatic rings. The van der Waals surface area contributed by atoms with Gasteiger partial charge in [-0.25, -0.2) is 8.42 Å². The van der Waals surface area contributed by atoms with E-state index < -0.39 is 9.84 Å². The normalized spacial score (nSPS) is 13.8. The lowest BCUT2D eigenvalue weighted by Gasteiger charge is -2.14. The molecule has 0 heterocycles. The zero-order valence-corrected chi connectivity index (χ0v) is 10.8. The van der Waals surface area contributed by atoms with Crippen LogP contribution in [0.25, 0.3) is 0 Å². The second kappa shape index (κ2) is 4.97. The summed E-state index contributed by atoms with van der Waals surface area (Å²) in [4.78, 5) is 0. The maximum Gasteiger partial charge on any atom is 0.148 e. The molecule has 1 aromatic rings. The summed E-state index contributed by atoms with van der Waals surface area (Å²) in [6, 6.07) is 5.72. The van der Waals surface area contributed by atoms with E-state index in [1.165, 1.54) is 22.9 Å². The van der Waals surface area contributed by atoms with E-state index in [1.807, 2.05) is 32.0 Å². The van der Waals surface area contributed by atoms with Crippen LogP contribution in [0.1, 0.15) is 16.7 Å². The van der Waals surface area contributed by atoms with Crippen molar-refractivity contribution >= 4 is 9.84 Å². The van der Waals surface area contributed by atoms with Crippen molar-refractivity contribution < 1.29 is 8.42 Å². The molecule has 2 N–H and O–H groups in total. The van der Waals surface area contributed by atoms with Gasteiger partial charge in [0.1, 0.15) is 9.84 Å². The molecular formula is C12H19NO2S. The molecule has 16 heavy (non-hydrogen) atoms. The number of rotatable bonds is 4. The zero-order chi connectivity index (χ0) is 12.3. The fourth-order valence-electron chi connectivity index (χ4n) is 1.88. The van der Waals surface area contributed by atoms with Gasteiger partial charge in [-0.1, -0.05) is 18.2 Å². The van der Waals surface area contributed by atoms with Crippen molar-refractivity contribution in [2.45, 2.75) is 26.3 Å². The average Bonchev–Trinajstić information content (AvgIpc) is 2.08. The molecule has 1 aromatic carbocycles. The highest BCUT2D eigenvalue weighted by molar-refractivity contribution is 7.90. The second-order valence-corrected chi connectivity index (χ2v) is 6.61. The second-order valence-electron chi connectivity index (χ2n) is 4.43. The number of hydrogen-bond donors (Lipinski definition) is 1. The third-order valence-corrected chi connectivity index (χ3v) is 3.66. The minimum atomic E-state index is -2.99. The Morgan fingerprint density at radius 1 is 1.25 bits per heavy atom. The molecule has 4 heteroatoms. The SMILES string of the molecule is Cc1cccc(C)c1CC(N)CS(C)(=O)=O. The number of hydrogen-bond acceptors (Lipinski definition) is 3. The maximum atomic E-state index is 11.1. The van der Waals surface area contributed by atoms with E-state index in [-0.39, 0.29) is 11.8 Å². The van der Waals surface area contributed by atoms with Crippen LogP contribution in [0.15, 0.2) is 18.2 Å². The smallest absolute Gasteiger partial charge is 0.148 e. The van der Waals surface area contributed by atoms with Gasteiger partial charge in [-0.15, -0.1) is 0 Å². The number of benzene rings is 1. The highest BCUT2D eigenvalue weighted by Gasteiger charge is 2.13. The van der Waals surface area contributed by atoms with E-state index in [0.717, 1.165) is 0 Å². The van der Waals surface area contributed by atoms with E-state index in [2.05, 4.69) is 0 Å². The Morgan fingerprint density at radius 3 is 2.19 bits per heavy atom. The Bertz CT molecular complexity index is 446. The molecule has 0 fully saturated rings. The van der Waals surface area contributed by atoms with Gasteiger partial charge in [-0.05, 0) is 37.0 Å². The molecule has 0 bridgehead atoms. The van der Waals surface area contributed by atoms with Gasteiger partial charge in [0.2, 0.25) is 0 Å². The first-order chi connectivity index (χ1) is 7.29. The molecule has 0 spiro atoms. The van der Waals surface area contributed by atoms with Crippen molar-refractivity contribution in [3.63, 3.8) is 0 Å². The highest BCUT2D eigenvalue weighted by atomic mass is 32.2. The first kappa shape index (κ1) is 13.2. The molecule has 1 rings (SSSR count). The summed E-state index contributed by atoms with van der Waals surface area (Å²) in [7, 11) is -2.99. The Labute approximate surface area is 97.6 Å². The van der Waals surface area contributed by atoms with Gasteiger partial charge < -0.3 is 5.73 Å². The summed E-state index contributed by atoms with van der Waals surface area (Å²) in [5.74, 6) is 0.0424. The van der Waals surface area contributed by atoms with Crippen LogP contribution in [-0.2, 0) is 16.3 Å². The first-order valence-corrected chi connectivity index (χ1v) is 7.34. The van der Waals surface area contributed by atoms with E-state index in [1.54, 1.807) is 0 Å². The molecule has 90 valence electrons. The molecular weight excluding hydrogens is 222 g/mol. The van der Waals surface area contributed by atoms with E-state index >= 15 is 0 Å². The highest BCUT2D eigenvalue weighted by Crippen LogP contribution is 2.15. The van der Waals surface area contributed by atoms with Crippen molar-refractivity contribution in [2.75, 3.05) is 12.0 Å². The van der Waals surface area contributed by atoms with Gasteiger partial charge in [0.15, 0.2) is 0 Å². The average molecular weight is 241 g/mol. The standard InChI is InChI=1S/C12H19NO2S/c1-9-5-4-6-10(2)12(9)7-11(13)8-16(3,14)15/h4-6,11H,7-8,13H2,1-3H3. The first-order valence-electron chi connectivity index (χ1n) is 5.28. The van der Waals surface area contributed by atoms with Crippen molar-refractivity contribution in [3.05, 3.63) is 34.9 Å². The predicted molar refractivity (Wildman–Crippen MR) is 67.3 cm³/mol. The van der Waals surface area contributed by atoms with Crippen LogP contribution >= 0.6 is 0 Å². The Hall–Kier alpha value is -0.870. The van der Waals surface area contributed by atoms with Crippen molar-refractivity contribution in [2.24, 2.45) is 5.73 Å². The number of nitrogens with two attached hydrogens (primary N) is 1. The van der Waals surface area contributed by atoms with Crippen molar-refractivity contribution in [1.82, 2.24) is 0 Å². The molecule has 0 saturated heterocycles. The van der Waals surface area contributed by atoms with Crippen molar-refractivity contribution in [1.29, 1.82) is 0 Å². The van der Waals surface area contributed by atoms with E-state index in [4.69, 9.17) is 5.73 Å². The van der Waals surface area contributed by atoms with Crippen LogP contribution in [0.2, 0.25) is 0 Å². The van der Waals surface area contributed by atoms with Gasteiger partial charge >= 0.3 is 0 Å². The van der Waals surface area contributed by atoms with Gasteiger partial charge in [0, 0.05) is 12.3 Å². The maximum absolute atomic E-state index is 11.1. The monoisotopic (exact) mass is 241 g/mol. The minimum Gasteiger partial charge on any atom is -0.326 e. The lowest BCUT2D eigenvalue weighted by atomic mass is 9.97. The third kappa shape index (κ3) is 3.94. The Morgan fingerprint density at radius 2 is 1.75 bits per heavy atom. The molecule has 0 amide bonds. The van der Waals surface area contributed by atoms with Crippen LogP contribution in [0.5, 0.6) is 0 Å². The largest absolute Gasteiger partial charge is 0.326 e. The quantitative estimate of drug-likeness (QED) is 0.862.